The Labute approximate surface area is 210 Å². The van der Waals surface area contributed by atoms with E-state index in [0.717, 1.165) is 5.69 Å². The third-order valence-electron chi connectivity index (χ3n) is 6.19. The molecule has 190 valence electrons. The highest BCUT2D eigenvalue weighted by Crippen LogP contribution is 2.37. The summed E-state index contributed by atoms with van der Waals surface area (Å²) in [4.78, 5) is 12.8. The highest BCUT2D eigenvalue weighted by Gasteiger charge is 2.32. The Morgan fingerprint density at radius 1 is 1.08 bits per heavy atom. The SMILES string of the molecule is COc1cccc(OC)c1-n1c(NS(=O)(=O)[C@@H](C)[C@H](C)c2cnc(C)cn2)nnc1C1C=NC=CC1. The second-order valence-corrected chi connectivity index (χ2v) is 10.5. The van der Waals surface area contributed by atoms with Crippen LogP contribution in [0, 0.1) is 6.92 Å². The average Bonchev–Trinajstić information content (AvgIpc) is 3.30. The van der Waals surface area contributed by atoms with Gasteiger partial charge in [-0.2, -0.15) is 0 Å². The number of aromatic nitrogens is 5. The number of aryl methyl sites for hydroxylation is 1. The van der Waals surface area contributed by atoms with Gasteiger partial charge in [-0.3, -0.25) is 24.2 Å². The number of hydrogen-bond donors (Lipinski definition) is 1. The lowest BCUT2D eigenvalue weighted by Crippen LogP contribution is -2.31. The number of nitrogens with one attached hydrogen (secondary N) is 1. The predicted molar refractivity (Wildman–Crippen MR) is 137 cm³/mol. The zero-order valence-corrected chi connectivity index (χ0v) is 21.6. The minimum atomic E-state index is -3.93. The minimum absolute atomic E-state index is 0.0183. The van der Waals surface area contributed by atoms with E-state index in [1.165, 1.54) is 14.2 Å². The summed E-state index contributed by atoms with van der Waals surface area (Å²) in [6.07, 6.45) is 9.23. The van der Waals surface area contributed by atoms with Crippen molar-refractivity contribution in [1.82, 2.24) is 24.7 Å². The smallest absolute Gasteiger partial charge is 0.243 e. The molecule has 0 fully saturated rings. The van der Waals surface area contributed by atoms with Crippen LogP contribution in [-0.2, 0) is 10.0 Å². The highest BCUT2D eigenvalue weighted by molar-refractivity contribution is 7.93. The summed E-state index contributed by atoms with van der Waals surface area (Å²) in [5, 5.41) is 7.73. The number of aliphatic imine (C=N–C) groups is 1. The largest absolute Gasteiger partial charge is 0.494 e. The summed E-state index contributed by atoms with van der Waals surface area (Å²) in [5.74, 6) is 0.793. The molecular weight excluding hydrogens is 482 g/mol. The summed E-state index contributed by atoms with van der Waals surface area (Å²) in [6, 6.07) is 5.30. The van der Waals surface area contributed by atoms with E-state index >= 15 is 0 Å². The van der Waals surface area contributed by atoms with Gasteiger partial charge < -0.3 is 9.47 Å². The van der Waals surface area contributed by atoms with Crippen LogP contribution in [0.15, 0.2) is 47.9 Å². The van der Waals surface area contributed by atoms with Gasteiger partial charge in [0.05, 0.1) is 36.8 Å². The first-order chi connectivity index (χ1) is 17.3. The first-order valence-corrected chi connectivity index (χ1v) is 13.0. The zero-order valence-electron chi connectivity index (χ0n) is 20.8. The van der Waals surface area contributed by atoms with Gasteiger partial charge >= 0.3 is 0 Å². The van der Waals surface area contributed by atoms with E-state index in [4.69, 9.17) is 9.47 Å². The molecule has 2 aromatic heterocycles. The number of hydrogen-bond acceptors (Lipinski definition) is 9. The topological polar surface area (TPSA) is 133 Å². The van der Waals surface area contributed by atoms with Crippen LogP contribution in [0.4, 0.5) is 5.95 Å². The average molecular weight is 512 g/mol. The van der Waals surface area contributed by atoms with Gasteiger partial charge in [-0.1, -0.05) is 19.1 Å². The molecule has 0 saturated carbocycles. The van der Waals surface area contributed by atoms with Crippen molar-refractivity contribution in [3.63, 3.8) is 0 Å². The Hall–Kier alpha value is -3.80. The maximum absolute atomic E-state index is 13.5. The van der Waals surface area contributed by atoms with E-state index < -0.39 is 21.2 Å². The first kappa shape index (κ1) is 25.3. The molecule has 36 heavy (non-hydrogen) atoms. The molecule has 0 spiro atoms. The Morgan fingerprint density at radius 2 is 1.81 bits per heavy atom. The maximum Gasteiger partial charge on any atom is 0.243 e. The number of anilines is 1. The van der Waals surface area contributed by atoms with Gasteiger partial charge in [0.2, 0.25) is 16.0 Å². The second kappa shape index (κ2) is 10.4. The molecule has 1 aliphatic rings. The molecule has 3 atom stereocenters. The van der Waals surface area contributed by atoms with E-state index in [-0.39, 0.29) is 11.9 Å². The first-order valence-electron chi connectivity index (χ1n) is 11.4. The lowest BCUT2D eigenvalue weighted by atomic mass is 10.0. The summed E-state index contributed by atoms with van der Waals surface area (Å²) in [5.41, 5.74) is 1.82. The number of sulfonamides is 1. The quantitative estimate of drug-likeness (QED) is 0.462. The van der Waals surface area contributed by atoms with E-state index in [1.54, 1.807) is 61.4 Å². The third-order valence-corrected chi connectivity index (χ3v) is 8.04. The van der Waals surface area contributed by atoms with E-state index in [0.29, 0.717) is 35.1 Å². The fourth-order valence-electron chi connectivity index (χ4n) is 3.90. The molecule has 3 aromatic rings. The Morgan fingerprint density at radius 3 is 2.39 bits per heavy atom. The van der Waals surface area contributed by atoms with Crippen LogP contribution in [0.25, 0.3) is 5.69 Å². The normalized spacial score (nSPS) is 17.0. The van der Waals surface area contributed by atoms with Gasteiger partial charge in [0.25, 0.3) is 0 Å². The van der Waals surface area contributed by atoms with Crippen LogP contribution in [0.3, 0.4) is 0 Å². The molecule has 11 nitrogen and oxygen atoms in total. The van der Waals surface area contributed by atoms with Gasteiger partial charge in [-0.15, -0.1) is 10.2 Å². The van der Waals surface area contributed by atoms with Crippen molar-refractivity contribution in [2.75, 3.05) is 18.9 Å². The molecule has 0 saturated heterocycles. The van der Waals surface area contributed by atoms with Crippen molar-refractivity contribution in [3.8, 4) is 17.2 Å². The molecule has 1 N–H and O–H groups in total. The number of nitrogens with zero attached hydrogens (tertiary/aromatic N) is 6. The lowest BCUT2D eigenvalue weighted by molar-refractivity contribution is 0.390. The molecule has 0 aliphatic carbocycles. The summed E-state index contributed by atoms with van der Waals surface area (Å²) in [6.45, 7) is 5.25. The van der Waals surface area contributed by atoms with Gasteiger partial charge in [0.1, 0.15) is 23.0 Å². The van der Waals surface area contributed by atoms with Crippen molar-refractivity contribution in [2.45, 2.75) is 44.3 Å². The Kier molecular flexibility index (Phi) is 7.34. The maximum atomic E-state index is 13.5. The summed E-state index contributed by atoms with van der Waals surface area (Å²) in [7, 11) is -0.866. The van der Waals surface area contributed by atoms with Crippen LogP contribution in [-0.4, -0.2) is 58.8 Å². The fraction of sp³-hybridized carbons (Fsp3) is 0.375. The molecule has 0 amide bonds. The number of allylic oxidation sites excluding steroid dienone is 1. The molecule has 0 radical (unpaired) electrons. The lowest BCUT2D eigenvalue weighted by Gasteiger charge is -2.22. The highest BCUT2D eigenvalue weighted by atomic mass is 32.2. The van der Waals surface area contributed by atoms with Crippen LogP contribution in [0.5, 0.6) is 11.5 Å². The van der Waals surface area contributed by atoms with Crippen molar-refractivity contribution >= 4 is 22.2 Å². The van der Waals surface area contributed by atoms with E-state index in [9.17, 15) is 8.42 Å². The third kappa shape index (κ3) is 4.94. The molecule has 3 heterocycles. The molecule has 4 rings (SSSR count). The number of rotatable bonds is 9. The minimum Gasteiger partial charge on any atom is -0.494 e. The van der Waals surface area contributed by atoms with Gasteiger partial charge in [0, 0.05) is 30.7 Å². The number of methoxy groups -OCH3 is 2. The Balaban J connectivity index is 1.78. The second-order valence-electron chi connectivity index (χ2n) is 8.48. The molecule has 1 unspecified atom stereocenters. The van der Waals surface area contributed by atoms with E-state index in [2.05, 4.69) is 29.9 Å². The van der Waals surface area contributed by atoms with Crippen LogP contribution in [0.1, 0.15) is 49.3 Å². The fourth-order valence-corrected chi connectivity index (χ4v) is 5.15. The van der Waals surface area contributed by atoms with Gasteiger partial charge in [-0.25, -0.2) is 8.42 Å². The molecule has 1 aliphatic heterocycles. The summed E-state index contributed by atoms with van der Waals surface area (Å²) >= 11 is 0. The molecular formula is C24H29N7O4S. The summed E-state index contributed by atoms with van der Waals surface area (Å²) < 4.78 is 42.5. The number of ether oxygens (including phenoxy) is 2. The molecule has 1 aromatic carbocycles. The standard InChI is InChI=1S/C24H29N7O4S/c1-15-12-27-19(14-26-15)16(2)17(3)36(32,33)30-24-29-28-23(18-8-7-11-25-13-18)31(24)22-20(34-4)9-6-10-21(22)35-5/h6-7,9-14,16-18H,8H2,1-5H3,(H,29,30)/t16-,17-,18?/m0/s1. The van der Waals surface area contributed by atoms with E-state index in [1.807, 2.05) is 13.0 Å². The number of benzene rings is 1. The van der Waals surface area contributed by atoms with Crippen molar-refractivity contribution in [2.24, 2.45) is 4.99 Å². The van der Waals surface area contributed by atoms with Crippen LogP contribution < -0.4 is 14.2 Å². The van der Waals surface area contributed by atoms with Crippen molar-refractivity contribution in [1.29, 1.82) is 0 Å². The van der Waals surface area contributed by atoms with Crippen LogP contribution >= 0.6 is 0 Å². The zero-order chi connectivity index (χ0) is 25.9. The monoisotopic (exact) mass is 511 g/mol. The van der Waals surface area contributed by atoms with Gasteiger partial charge in [-0.05, 0) is 32.4 Å². The van der Waals surface area contributed by atoms with Crippen molar-refractivity contribution in [3.05, 3.63) is 60.1 Å². The molecule has 12 heteroatoms. The van der Waals surface area contributed by atoms with Crippen LogP contribution in [0.2, 0.25) is 0 Å². The number of para-hydroxylation sites is 1. The Bertz CT molecular complexity index is 1360. The predicted octanol–water partition coefficient (Wildman–Crippen LogP) is 3.39. The van der Waals surface area contributed by atoms with Gasteiger partial charge in [0.15, 0.2) is 0 Å². The van der Waals surface area contributed by atoms with Crippen molar-refractivity contribution < 1.29 is 17.9 Å². The molecule has 0 bridgehead atoms.